The summed E-state index contributed by atoms with van der Waals surface area (Å²) in [5.74, 6) is 1.11. The molecule has 0 aliphatic heterocycles. The fraction of sp³-hybridized carbons (Fsp3) is 0.600. The Morgan fingerprint density at radius 3 is 2.19 bits per heavy atom. The van der Waals surface area contributed by atoms with E-state index in [-0.39, 0.29) is 5.41 Å². The second kappa shape index (κ2) is 5.38. The average Bonchev–Trinajstić information content (AvgIpc) is 2.27. The molecule has 0 aromatic heterocycles. The van der Waals surface area contributed by atoms with Crippen molar-refractivity contribution in [1.29, 1.82) is 0 Å². The van der Waals surface area contributed by atoms with Crippen molar-refractivity contribution in [3.63, 3.8) is 0 Å². The summed E-state index contributed by atoms with van der Waals surface area (Å²) in [4.78, 5) is 0. The van der Waals surface area contributed by atoms with Gasteiger partial charge in [-0.25, -0.2) is 0 Å². The third kappa shape index (κ3) is 3.26. The lowest BCUT2D eigenvalue weighted by atomic mass is 9.75. The predicted molar refractivity (Wildman–Crippen MR) is 69.8 cm³/mol. The van der Waals surface area contributed by atoms with Crippen LogP contribution in [0.15, 0.2) is 24.3 Å². The van der Waals surface area contributed by atoms with E-state index in [1.165, 1.54) is 18.4 Å². The third-order valence-corrected chi connectivity index (χ3v) is 3.62. The first-order valence-corrected chi connectivity index (χ1v) is 6.27. The molecule has 1 rings (SSSR count). The van der Waals surface area contributed by atoms with Crippen molar-refractivity contribution in [2.45, 2.75) is 52.4 Å². The highest BCUT2D eigenvalue weighted by Gasteiger charge is 2.24. The zero-order valence-electron chi connectivity index (χ0n) is 11.0. The molecule has 1 heteroatoms. The van der Waals surface area contributed by atoms with Crippen LogP contribution in [0.1, 0.15) is 52.5 Å². The van der Waals surface area contributed by atoms with E-state index in [2.05, 4.69) is 39.8 Å². The maximum absolute atomic E-state index is 9.31. The summed E-state index contributed by atoms with van der Waals surface area (Å²) in [6.45, 7) is 9.11. The molecule has 1 atom stereocenters. The predicted octanol–water partition coefficient (Wildman–Crippen LogP) is 4.50. The summed E-state index contributed by atoms with van der Waals surface area (Å²) in [7, 11) is 0. The molecule has 90 valence electrons. The second-order valence-electron chi connectivity index (χ2n) is 5.39. The van der Waals surface area contributed by atoms with Crippen molar-refractivity contribution in [3.05, 3.63) is 29.8 Å². The summed E-state index contributed by atoms with van der Waals surface area (Å²) in [6.07, 6.45) is 3.61. The van der Waals surface area contributed by atoms with E-state index in [0.29, 0.717) is 5.75 Å². The molecule has 1 aromatic rings. The van der Waals surface area contributed by atoms with Gasteiger partial charge in [0.05, 0.1) is 0 Å². The average molecular weight is 220 g/mol. The summed E-state index contributed by atoms with van der Waals surface area (Å²) in [6, 6.07) is 7.69. The van der Waals surface area contributed by atoms with Gasteiger partial charge in [0.15, 0.2) is 0 Å². The van der Waals surface area contributed by atoms with Gasteiger partial charge in [-0.15, -0.1) is 0 Å². The van der Waals surface area contributed by atoms with Gasteiger partial charge in [0, 0.05) is 0 Å². The van der Waals surface area contributed by atoms with Crippen LogP contribution in [-0.4, -0.2) is 5.11 Å². The highest BCUT2D eigenvalue weighted by atomic mass is 16.3. The SMILES string of the molecule is CC[C@@](C)(CCC(C)C)c1ccc(O)cc1. The second-order valence-corrected chi connectivity index (χ2v) is 5.39. The third-order valence-electron chi connectivity index (χ3n) is 3.62. The molecule has 0 unspecified atom stereocenters. The van der Waals surface area contributed by atoms with Gasteiger partial charge in [0.1, 0.15) is 5.75 Å². The standard InChI is InChI=1S/C15H24O/c1-5-15(4,11-10-12(2)3)13-6-8-14(16)9-7-13/h6-9,12,16H,5,10-11H2,1-4H3/t15-/m0/s1. The van der Waals surface area contributed by atoms with Crippen LogP contribution in [0.3, 0.4) is 0 Å². The van der Waals surface area contributed by atoms with Crippen LogP contribution in [0.5, 0.6) is 5.75 Å². The molecule has 16 heavy (non-hydrogen) atoms. The normalized spacial score (nSPS) is 15.1. The Bertz CT molecular complexity index is 313. The molecule has 0 spiro atoms. The minimum Gasteiger partial charge on any atom is -0.508 e. The van der Waals surface area contributed by atoms with Gasteiger partial charge < -0.3 is 5.11 Å². The maximum atomic E-state index is 9.31. The van der Waals surface area contributed by atoms with Crippen LogP contribution in [0.25, 0.3) is 0 Å². The zero-order chi connectivity index (χ0) is 12.2. The summed E-state index contributed by atoms with van der Waals surface area (Å²) < 4.78 is 0. The monoisotopic (exact) mass is 220 g/mol. The van der Waals surface area contributed by atoms with Gasteiger partial charge in [-0.05, 0) is 41.9 Å². The molecule has 0 saturated carbocycles. The summed E-state index contributed by atoms with van der Waals surface area (Å²) in [5.41, 5.74) is 1.59. The molecule has 0 heterocycles. The van der Waals surface area contributed by atoms with Crippen LogP contribution >= 0.6 is 0 Å². The molecule has 0 amide bonds. The van der Waals surface area contributed by atoms with Crippen LogP contribution < -0.4 is 0 Å². The maximum Gasteiger partial charge on any atom is 0.115 e. The van der Waals surface area contributed by atoms with E-state index in [1.54, 1.807) is 12.1 Å². The van der Waals surface area contributed by atoms with E-state index < -0.39 is 0 Å². The van der Waals surface area contributed by atoms with Crippen molar-refractivity contribution in [2.24, 2.45) is 5.92 Å². The smallest absolute Gasteiger partial charge is 0.115 e. The topological polar surface area (TPSA) is 20.2 Å². The first-order valence-electron chi connectivity index (χ1n) is 6.27. The highest BCUT2D eigenvalue weighted by molar-refractivity contribution is 5.31. The lowest BCUT2D eigenvalue weighted by Crippen LogP contribution is -2.21. The largest absolute Gasteiger partial charge is 0.508 e. The van der Waals surface area contributed by atoms with Gasteiger partial charge in [0.25, 0.3) is 0 Å². The molecule has 0 fully saturated rings. The molecule has 0 bridgehead atoms. The Morgan fingerprint density at radius 1 is 1.19 bits per heavy atom. The van der Waals surface area contributed by atoms with Crippen LogP contribution in [0, 0.1) is 5.92 Å². The van der Waals surface area contributed by atoms with Gasteiger partial charge in [0.2, 0.25) is 0 Å². The van der Waals surface area contributed by atoms with Crippen molar-refractivity contribution >= 4 is 0 Å². The number of aromatic hydroxyl groups is 1. The Balaban J connectivity index is 2.82. The summed E-state index contributed by atoms with van der Waals surface area (Å²) in [5, 5.41) is 9.31. The Kier molecular flexibility index (Phi) is 4.40. The molecular weight excluding hydrogens is 196 g/mol. The molecule has 1 nitrogen and oxygen atoms in total. The van der Waals surface area contributed by atoms with E-state index in [4.69, 9.17) is 0 Å². The number of phenols is 1. The first kappa shape index (κ1) is 13.1. The number of hydrogen-bond acceptors (Lipinski definition) is 1. The molecular formula is C15H24O. The van der Waals surface area contributed by atoms with Gasteiger partial charge in [-0.1, -0.05) is 46.2 Å². The number of rotatable bonds is 5. The fourth-order valence-corrected chi connectivity index (χ4v) is 2.00. The van der Waals surface area contributed by atoms with E-state index >= 15 is 0 Å². The Labute approximate surface area is 99.5 Å². The zero-order valence-corrected chi connectivity index (χ0v) is 11.0. The molecule has 0 radical (unpaired) electrons. The van der Waals surface area contributed by atoms with Gasteiger partial charge in [-0.2, -0.15) is 0 Å². The van der Waals surface area contributed by atoms with E-state index in [9.17, 15) is 5.11 Å². The molecule has 0 saturated heterocycles. The van der Waals surface area contributed by atoms with Crippen LogP contribution in [0.2, 0.25) is 0 Å². The fourth-order valence-electron chi connectivity index (χ4n) is 2.00. The van der Waals surface area contributed by atoms with E-state index in [0.717, 1.165) is 12.3 Å². The molecule has 0 aliphatic carbocycles. The van der Waals surface area contributed by atoms with Crippen molar-refractivity contribution in [1.82, 2.24) is 0 Å². The lowest BCUT2D eigenvalue weighted by molar-refractivity contribution is 0.373. The number of phenolic OH excluding ortho intramolecular Hbond substituents is 1. The summed E-state index contributed by atoms with van der Waals surface area (Å²) >= 11 is 0. The van der Waals surface area contributed by atoms with Crippen LogP contribution in [-0.2, 0) is 5.41 Å². The Hall–Kier alpha value is -0.980. The van der Waals surface area contributed by atoms with Crippen LogP contribution in [0.4, 0.5) is 0 Å². The Morgan fingerprint density at radius 2 is 1.75 bits per heavy atom. The van der Waals surface area contributed by atoms with E-state index in [1.807, 2.05) is 0 Å². The quantitative estimate of drug-likeness (QED) is 0.774. The van der Waals surface area contributed by atoms with Crippen molar-refractivity contribution in [2.75, 3.05) is 0 Å². The molecule has 0 aliphatic rings. The van der Waals surface area contributed by atoms with Crippen molar-refractivity contribution < 1.29 is 5.11 Å². The highest BCUT2D eigenvalue weighted by Crippen LogP contribution is 2.34. The first-order chi connectivity index (χ1) is 7.48. The minimum absolute atomic E-state index is 0.248. The van der Waals surface area contributed by atoms with Crippen molar-refractivity contribution in [3.8, 4) is 5.75 Å². The van der Waals surface area contributed by atoms with Gasteiger partial charge in [-0.3, -0.25) is 0 Å². The number of benzene rings is 1. The van der Waals surface area contributed by atoms with Gasteiger partial charge >= 0.3 is 0 Å². The molecule has 1 aromatic carbocycles. The minimum atomic E-state index is 0.248. The molecule has 1 N–H and O–H groups in total. The number of hydrogen-bond donors (Lipinski definition) is 1. The lowest BCUT2D eigenvalue weighted by Gasteiger charge is -2.30.